The first-order valence-electron chi connectivity index (χ1n) is 4.91. The Morgan fingerprint density at radius 2 is 1.88 bits per heavy atom. The quantitative estimate of drug-likeness (QED) is 0.622. The van der Waals surface area contributed by atoms with Crippen LogP contribution in [0.15, 0.2) is 29.8 Å². The van der Waals surface area contributed by atoms with Gasteiger partial charge in [0.05, 0.1) is 11.7 Å². The maximum absolute atomic E-state index is 12.8. The van der Waals surface area contributed by atoms with E-state index >= 15 is 0 Å². The molecule has 1 aromatic rings. The van der Waals surface area contributed by atoms with Gasteiger partial charge in [-0.2, -0.15) is 13.2 Å². The number of aliphatic hydroxyl groups excluding tert-OH is 1. The molecule has 1 nitrogen and oxygen atoms in total. The third-order valence-corrected chi connectivity index (χ3v) is 2.13. The third kappa shape index (κ3) is 3.56. The standard InChI is InChI=1S/C12H12F4O/c1-7(2)5-11(17)9-4-3-8(13)6-10(9)12(14,15)16/h3-6,11,17H,1-2H3. The summed E-state index contributed by atoms with van der Waals surface area (Å²) < 4.78 is 50.7. The number of halogens is 4. The van der Waals surface area contributed by atoms with Crippen LogP contribution in [0, 0.1) is 5.82 Å². The van der Waals surface area contributed by atoms with Crippen LogP contribution in [-0.2, 0) is 6.18 Å². The van der Waals surface area contributed by atoms with Crippen LogP contribution >= 0.6 is 0 Å². The van der Waals surface area contributed by atoms with E-state index in [1.807, 2.05) is 0 Å². The van der Waals surface area contributed by atoms with Crippen molar-refractivity contribution in [3.8, 4) is 0 Å². The van der Waals surface area contributed by atoms with E-state index in [9.17, 15) is 22.7 Å². The summed E-state index contributed by atoms with van der Waals surface area (Å²) in [5, 5.41) is 9.63. The molecule has 0 aromatic heterocycles. The van der Waals surface area contributed by atoms with Crippen LogP contribution < -0.4 is 0 Å². The number of benzene rings is 1. The van der Waals surface area contributed by atoms with E-state index in [0.717, 1.165) is 12.1 Å². The molecule has 0 amide bonds. The van der Waals surface area contributed by atoms with Gasteiger partial charge in [-0.15, -0.1) is 0 Å². The average Bonchev–Trinajstić information content (AvgIpc) is 2.14. The van der Waals surface area contributed by atoms with Gasteiger partial charge in [0.15, 0.2) is 0 Å². The smallest absolute Gasteiger partial charge is 0.384 e. The Morgan fingerprint density at radius 3 is 2.35 bits per heavy atom. The van der Waals surface area contributed by atoms with Gasteiger partial charge in [-0.05, 0) is 31.5 Å². The molecule has 0 aliphatic heterocycles. The second kappa shape index (κ2) is 4.87. The van der Waals surface area contributed by atoms with Gasteiger partial charge in [0, 0.05) is 0 Å². The van der Waals surface area contributed by atoms with Crippen LogP contribution in [0.2, 0.25) is 0 Å². The Kier molecular flexibility index (Phi) is 3.93. The lowest BCUT2D eigenvalue weighted by Gasteiger charge is -2.15. The molecule has 0 aliphatic carbocycles. The second-order valence-corrected chi connectivity index (χ2v) is 3.92. The molecular formula is C12H12F4O. The molecule has 0 saturated heterocycles. The summed E-state index contributed by atoms with van der Waals surface area (Å²) in [6.07, 6.45) is -4.80. The van der Waals surface area contributed by atoms with Crippen molar-refractivity contribution in [1.82, 2.24) is 0 Å². The number of aliphatic hydroxyl groups is 1. The first-order chi connectivity index (χ1) is 7.71. The molecule has 1 aromatic carbocycles. The fraction of sp³-hybridized carbons (Fsp3) is 0.333. The Balaban J connectivity index is 3.29. The Labute approximate surface area is 96.4 Å². The minimum atomic E-state index is -4.69. The maximum Gasteiger partial charge on any atom is 0.416 e. The summed E-state index contributed by atoms with van der Waals surface area (Å²) in [5.74, 6) is -0.981. The lowest BCUT2D eigenvalue weighted by atomic mass is 10.0. The number of hydrogen-bond acceptors (Lipinski definition) is 1. The summed E-state index contributed by atoms with van der Waals surface area (Å²) >= 11 is 0. The summed E-state index contributed by atoms with van der Waals surface area (Å²) in [7, 11) is 0. The van der Waals surface area contributed by atoms with Gasteiger partial charge >= 0.3 is 6.18 Å². The molecule has 94 valence electrons. The minimum absolute atomic E-state index is 0.347. The maximum atomic E-state index is 12.8. The number of rotatable bonds is 2. The number of allylic oxidation sites excluding steroid dienone is 1. The molecule has 5 heteroatoms. The van der Waals surface area contributed by atoms with Crippen LogP contribution in [0.4, 0.5) is 17.6 Å². The van der Waals surface area contributed by atoms with E-state index in [0.29, 0.717) is 11.6 Å². The van der Waals surface area contributed by atoms with Crippen molar-refractivity contribution >= 4 is 0 Å². The number of hydrogen-bond donors (Lipinski definition) is 1. The van der Waals surface area contributed by atoms with Gasteiger partial charge in [0.2, 0.25) is 0 Å². The van der Waals surface area contributed by atoms with Crippen LogP contribution in [0.5, 0.6) is 0 Å². The predicted octanol–water partition coefficient (Wildman–Crippen LogP) is 3.84. The molecule has 0 bridgehead atoms. The predicted molar refractivity (Wildman–Crippen MR) is 55.8 cm³/mol. The van der Waals surface area contributed by atoms with Crippen molar-refractivity contribution in [3.05, 3.63) is 46.8 Å². The lowest BCUT2D eigenvalue weighted by molar-refractivity contribution is -0.139. The summed E-state index contributed by atoms with van der Waals surface area (Å²) in [6, 6.07) is 2.23. The van der Waals surface area contributed by atoms with Crippen molar-refractivity contribution < 1.29 is 22.7 Å². The zero-order valence-corrected chi connectivity index (χ0v) is 9.35. The zero-order valence-electron chi connectivity index (χ0n) is 9.35. The normalized spacial score (nSPS) is 13.4. The van der Waals surface area contributed by atoms with E-state index in [1.165, 1.54) is 6.08 Å². The van der Waals surface area contributed by atoms with Crippen molar-refractivity contribution in [2.24, 2.45) is 0 Å². The largest absolute Gasteiger partial charge is 0.416 e. The van der Waals surface area contributed by atoms with Gasteiger partial charge in [-0.3, -0.25) is 0 Å². The summed E-state index contributed by atoms with van der Waals surface area (Å²) in [4.78, 5) is 0. The van der Waals surface area contributed by atoms with E-state index < -0.39 is 23.7 Å². The molecule has 0 heterocycles. The fourth-order valence-electron chi connectivity index (χ4n) is 1.44. The molecule has 1 N–H and O–H groups in total. The molecule has 0 aliphatic rings. The first kappa shape index (κ1) is 13.7. The monoisotopic (exact) mass is 248 g/mol. The van der Waals surface area contributed by atoms with Gasteiger partial charge in [0.25, 0.3) is 0 Å². The van der Waals surface area contributed by atoms with Crippen LogP contribution in [-0.4, -0.2) is 5.11 Å². The van der Waals surface area contributed by atoms with Crippen molar-refractivity contribution in [2.45, 2.75) is 26.1 Å². The first-order valence-corrected chi connectivity index (χ1v) is 4.91. The molecule has 0 fully saturated rings. The highest BCUT2D eigenvalue weighted by atomic mass is 19.4. The zero-order chi connectivity index (χ0) is 13.2. The average molecular weight is 248 g/mol. The molecular weight excluding hydrogens is 236 g/mol. The molecule has 1 atom stereocenters. The highest BCUT2D eigenvalue weighted by Crippen LogP contribution is 2.35. The molecule has 17 heavy (non-hydrogen) atoms. The Hall–Kier alpha value is -1.36. The fourth-order valence-corrected chi connectivity index (χ4v) is 1.44. The molecule has 0 radical (unpaired) electrons. The van der Waals surface area contributed by atoms with E-state index in [-0.39, 0.29) is 5.56 Å². The SMILES string of the molecule is CC(C)=CC(O)c1ccc(F)cc1C(F)(F)F. The Bertz CT molecular complexity index is 431. The summed E-state index contributed by atoms with van der Waals surface area (Å²) in [5.41, 5.74) is -0.822. The Morgan fingerprint density at radius 1 is 1.29 bits per heavy atom. The molecule has 1 unspecified atom stereocenters. The highest BCUT2D eigenvalue weighted by Gasteiger charge is 2.35. The highest BCUT2D eigenvalue weighted by molar-refractivity contribution is 5.34. The van der Waals surface area contributed by atoms with Gasteiger partial charge in [-0.25, -0.2) is 4.39 Å². The van der Waals surface area contributed by atoms with Crippen molar-refractivity contribution in [1.29, 1.82) is 0 Å². The summed E-state index contributed by atoms with van der Waals surface area (Å²) in [6.45, 7) is 3.31. The van der Waals surface area contributed by atoms with Gasteiger partial charge in [-0.1, -0.05) is 17.7 Å². The van der Waals surface area contributed by atoms with Crippen molar-refractivity contribution in [3.63, 3.8) is 0 Å². The van der Waals surface area contributed by atoms with E-state index in [1.54, 1.807) is 13.8 Å². The van der Waals surface area contributed by atoms with Gasteiger partial charge in [0.1, 0.15) is 5.82 Å². The van der Waals surface area contributed by atoms with E-state index in [4.69, 9.17) is 0 Å². The van der Waals surface area contributed by atoms with Crippen LogP contribution in [0.25, 0.3) is 0 Å². The second-order valence-electron chi connectivity index (χ2n) is 3.92. The topological polar surface area (TPSA) is 20.2 Å². The van der Waals surface area contributed by atoms with E-state index in [2.05, 4.69) is 0 Å². The molecule has 0 saturated carbocycles. The minimum Gasteiger partial charge on any atom is -0.384 e. The third-order valence-electron chi connectivity index (χ3n) is 2.13. The van der Waals surface area contributed by atoms with Crippen molar-refractivity contribution in [2.75, 3.05) is 0 Å². The van der Waals surface area contributed by atoms with Crippen LogP contribution in [0.1, 0.15) is 31.1 Å². The molecule has 0 spiro atoms. The molecule has 1 rings (SSSR count). The van der Waals surface area contributed by atoms with Crippen LogP contribution in [0.3, 0.4) is 0 Å². The number of alkyl halides is 3. The lowest BCUT2D eigenvalue weighted by Crippen LogP contribution is -2.12. The van der Waals surface area contributed by atoms with Gasteiger partial charge < -0.3 is 5.11 Å².